The molecule has 1 aliphatic carbocycles. The summed E-state index contributed by atoms with van der Waals surface area (Å²) in [5.74, 6) is 0.798. The second-order valence-electron chi connectivity index (χ2n) is 9.91. The Labute approximate surface area is 260 Å². The van der Waals surface area contributed by atoms with E-state index in [-0.39, 0.29) is 41.9 Å². The molecule has 1 saturated carbocycles. The van der Waals surface area contributed by atoms with Crippen LogP contribution in [0, 0.1) is 10.1 Å². The average Bonchev–Trinajstić information content (AvgIpc) is 2.97. The highest BCUT2D eigenvalue weighted by Gasteiger charge is 2.25. The van der Waals surface area contributed by atoms with Crippen molar-refractivity contribution in [2.75, 3.05) is 6.61 Å². The summed E-state index contributed by atoms with van der Waals surface area (Å²) in [5, 5.41) is 17.9. The van der Waals surface area contributed by atoms with Gasteiger partial charge in [-0.3, -0.25) is 14.9 Å². The van der Waals surface area contributed by atoms with Crippen LogP contribution < -0.4 is 15.0 Å². The molecule has 0 saturated heterocycles. The van der Waals surface area contributed by atoms with Crippen LogP contribution >= 0.6 is 39.1 Å². The van der Waals surface area contributed by atoms with Crippen LogP contribution in [0.2, 0.25) is 10.0 Å². The highest BCUT2D eigenvalue weighted by Crippen LogP contribution is 2.39. The summed E-state index contributed by atoms with van der Waals surface area (Å²) < 4.78 is 13.7. The van der Waals surface area contributed by atoms with E-state index in [2.05, 4.69) is 21.0 Å². The summed E-state index contributed by atoms with van der Waals surface area (Å²) >= 11 is 15.7. The fourth-order valence-electron chi connectivity index (χ4n) is 5.04. The Kier molecular flexibility index (Phi) is 9.45. The van der Waals surface area contributed by atoms with E-state index in [0.717, 1.165) is 36.6 Å². The van der Waals surface area contributed by atoms with Gasteiger partial charge in [0.25, 0.3) is 5.56 Å². The van der Waals surface area contributed by atoms with Crippen molar-refractivity contribution in [3.63, 3.8) is 0 Å². The van der Waals surface area contributed by atoms with Gasteiger partial charge in [0, 0.05) is 37.6 Å². The standard InChI is InChI=1S/C30H27BrCl2N4O5/c1-2-41-27-13-18(12-26(37(39)40)28(27)42-17-20-8-10-22(32)15-24(20)33)16-34-36-29(19-6-4-3-5-7-19)35-25-11-9-21(31)14-23(25)30(36)38/h8-16,19H,2-7,17H2,1H3. The van der Waals surface area contributed by atoms with Gasteiger partial charge < -0.3 is 9.47 Å². The smallest absolute Gasteiger partial charge is 0.315 e. The molecule has 1 aliphatic rings. The Bertz CT molecular complexity index is 1740. The van der Waals surface area contributed by atoms with Crippen LogP contribution in [0.25, 0.3) is 10.9 Å². The molecule has 0 aliphatic heterocycles. The zero-order valence-corrected chi connectivity index (χ0v) is 25.8. The molecule has 1 aromatic heterocycles. The van der Waals surface area contributed by atoms with Crippen molar-refractivity contribution in [1.82, 2.24) is 9.66 Å². The molecule has 0 radical (unpaired) electrons. The summed E-state index contributed by atoms with van der Waals surface area (Å²) in [6.07, 6.45) is 6.48. The van der Waals surface area contributed by atoms with Gasteiger partial charge >= 0.3 is 5.69 Å². The van der Waals surface area contributed by atoms with Crippen LogP contribution in [0.3, 0.4) is 0 Å². The van der Waals surface area contributed by atoms with Crippen molar-refractivity contribution in [2.24, 2.45) is 5.10 Å². The maximum Gasteiger partial charge on any atom is 0.315 e. The lowest BCUT2D eigenvalue weighted by Crippen LogP contribution is -2.25. The third kappa shape index (κ3) is 6.61. The summed E-state index contributed by atoms with van der Waals surface area (Å²) in [7, 11) is 0. The van der Waals surface area contributed by atoms with Gasteiger partial charge in [-0.15, -0.1) is 0 Å². The van der Waals surface area contributed by atoms with Crippen LogP contribution in [-0.4, -0.2) is 27.4 Å². The number of nitro benzene ring substituents is 1. The van der Waals surface area contributed by atoms with E-state index in [1.807, 2.05) is 12.1 Å². The van der Waals surface area contributed by atoms with Crippen LogP contribution in [0.5, 0.6) is 11.5 Å². The van der Waals surface area contributed by atoms with E-state index in [9.17, 15) is 14.9 Å². The molecule has 5 rings (SSSR count). The first-order chi connectivity index (χ1) is 20.2. The van der Waals surface area contributed by atoms with Gasteiger partial charge in [0.05, 0.1) is 28.6 Å². The number of benzene rings is 3. The molecule has 218 valence electrons. The van der Waals surface area contributed by atoms with Crippen LogP contribution in [0.1, 0.15) is 61.9 Å². The molecular formula is C30H27BrCl2N4O5. The Balaban J connectivity index is 1.56. The summed E-state index contributed by atoms with van der Waals surface area (Å²) in [6, 6.07) is 13.2. The number of halogens is 3. The highest BCUT2D eigenvalue weighted by atomic mass is 79.9. The number of ether oxygens (including phenoxy) is 2. The lowest BCUT2D eigenvalue weighted by Gasteiger charge is -2.22. The SMILES string of the molecule is CCOc1cc(C=Nn2c(C3CCCCC3)nc3ccc(Br)cc3c2=O)cc([N+](=O)[O-])c1OCc1ccc(Cl)cc1Cl. The summed E-state index contributed by atoms with van der Waals surface area (Å²) in [5.41, 5.74) is 0.948. The lowest BCUT2D eigenvalue weighted by molar-refractivity contribution is -0.386. The van der Waals surface area contributed by atoms with Gasteiger partial charge in [0.2, 0.25) is 5.75 Å². The minimum Gasteiger partial charge on any atom is -0.490 e. The Morgan fingerprint density at radius 3 is 2.62 bits per heavy atom. The van der Waals surface area contributed by atoms with Crippen LogP contribution in [0.15, 0.2) is 62.9 Å². The lowest BCUT2D eigenvalue weighted by atomic mass is 9.88. The summed E-state index contributed by atoms with van der Waals surface area (Å²) in [6.45, 7) is 1.97. The average molecular weight is 674 g/mol. The molecule has 0 unspecified atom stereocenters. The number of aromatic nitrogens is 2. The van der Waals surface area contributed by atoms with E-state index in [1.165, 1.54) is 17.0 Å². The van der Waals surface area contributed by atoms with Crippen molar-refractivity contribution >= 4 is 61.9 Å². The molecule has 0 spiro atoms. The predicted molar refractivity (Wildman–Crippen MR) is 168 cm³/mol. The quantitative estimate of drug-likeness (QED) is 0.100. The highest BCUT2D eigenvalue weighted by molar-refractivity contribution is 9.10. The molecule has 9 nitrogen and oxygen atoms in total. The first kappa shape index (κ1) is 30.0. The number of nitro groups is 1. The van der Waals surface area contributed by atoms with Gasteiger partial charge in [-0.1, -0.05) is 64.5 Å². The van der Waals surface area contributed by atoms with E-state index < -0.39 is 4.92 Å². The van der Waals surface area contributed by atoms with Crippen LogP contribution in [0.4, 0.5) is 5.69 Å². The van der Waals surface area contributed by atoms with E-state index in [1.54, 1.807) is 37.3 Å². The second kappa shape index (κ2) is 13.2. The monoisotopic (exact) mass is 672 g/mol. The zero-order chi connectivity index (χ0) is 29.8. The normalized spacial score (nSPS) is 14.0. The number of hydrogen-bond acceptors (Lipinski definition) is 7. The molecule has 3 aromatic carbocycles. The van der Waals surface area contributed by atoms with Gasteiger partial charge in [-0.25, -0.2) is 4.98 Å². The largest absolute Gasteiger partial charge is 0.490 e. The van der Waals surface area contributed by atoms with Gasteiger partial charge in [0.15, 0.2) is 5.75 Å². The number of rotatable bonds is 9. The molecule has 0 N–H and O–H groups in total. The topological polar surface area (TPSA) is 109 Å². The van der Waals surface area contributed by atoms with Gasteiger partial charge in [0.1, 0.15) is 12.4 Å². The fourth-order valence-corrected chi connectivity index (χ4v) is 5.87. The maximum atomic E-state index is 13.6. The van der Waals surface area contributed by atoms with E-state index >= 15 is 0 Å². The molecule has 1 fully saturated rings. The minimum absolute atomic E-state index is 0.0389. The third-order valence-electron chi connectivity index (χ3n) is 7.07. The van der Waals surface area contributed by atoms with Crippen molar-refractivity contribution in [3.05, 3.63) is 100 Å². The second-order valence-corrected chi connectivity index (χ2v) is 11.7. The maximum absolute atomic E-state index is 13.6. The number of nitrogens with zero attached hydrogens (tertiary/aromatic N) is 4. The van der Waals surface area contributed by atoms with Gasteiger partial charge in [-0.2, -0.15) is 9.78 Å². The van der Waals surface area contributed by atoms with Crippen LogP contribution in [-0.2, 0) is 6.61 Å². The Morgan fingerprint density at radius 2 is 1.90 bits per heavy atom. The zero-order valence-electron chi connectivity index (χ0n) is 22.7. The molecule has 0 atom stereocenters. The summed E-state index contributed by atoms with van der Waals surface area (Å²) in [4.78, 5) is 30.1. The molecular weight excluding hydrogens is 647 g/mol. The van der Waals surface area contributed by atoms with Gasteiger partial charge in [-0.05, 0) is 56.2 Å². The Morgan fingerprint density at radius 1 is 1.12 bits per heavy atom. The Hall–Kier alpha value is -3.47. The molecule has 1 heterocycles. The molecule has 0 bridgehead atoms. The molecule has 42 heavy (non-hydrogen) atoms. The first-order valence-electron chi connectivity index (χ1n) is 13.5. The van der Waals surface area contributed by atoms with Crippen molar-refractivity contribution in [2.45, 2.75) is 51.6 Å². The molecule has 4 aromatic rings. The van der Waals surface area contributed by atoms with Crippen molar-refractivity contribution in [3.8, 4) is 11.5 Å². The van der Waals surface area contributed by atoms with Crippen molar-refractivity contribution < 1.29 is 14.4 Å². The molecule has 0 amide bonds. The third-order valence-corrected chi connectivity index (χ3v) is 8.15. The van der Waals surface area contributed by atoms with E-state index in [4.69, 9.17) is 37.7 Å². The fraction of sp³-hybridized carbons (Fsp3) is 0.300. The molecule has 12 heteroatoms. The van der Waals surface area contributed by atoms with Crippen molar-refractivity contribution in [1.29, 1.82) is 0 Å². The first-order valence-corrected chi connectivity index (χ1v) is 15.1. The number of fused-ring (bicyclic) bond motifs is 1. The van der Waals surface area contributed by atoms with E-state index in [0.29, 0.717) is 37.9 Å². The number of hydrogen-bond donors (Lipinski definition) is 0. The minimum atomic E-state index is -0.548. The predicted octanol–water partition coefficient (Wildman–Crippen LogP) is 8.28.